The fourth-order valence-electron chi connectivity index (χ4n) is 5.19. The van der Waals surface area contributed by atoms with Crippen LogP contribution in [0.15, 0.2) is 65.1 Å². The highest BCUT2D eigenvalue weighted by atomic mass is 32.2. The van der Waals surface area contributed by atoms with Gasteiger partial charge in [0.1, 0.15) is 22.9 Å². The SMILES string of the molecule is CNC(=O)Oc1c(-c2ccc(Oc3ccc(F)cc3)cc2)oc2cc(N(CC3CCOC3)S(C)(=O)=O)c(C3CC3)cc12. The second-order valence-electron chi connectivity index (χ2n) is 10.7. The molecule has 1 unspecified atom stereocenters. The molecule has 42 heavy (non-hydrogen) atoms. The number of benzene rings is 3. The molecule has 3 aromatic carbocycles. The summed E-state index contributed by atoms with van der Waals surface area (Å²) < 4.78 is 64.2. The van der Waals surface area contributed by atoms with Crippen molar-refractivity contribution in [2.24, 2.45) is 5.92 Å². The van der Waals surface area contributed by atoms with Crippen molar-refractivity contribution in [2.45, 2.75) is 25.2 Å². The molecule has 1 saturated heterocycles. The molecular formula is C31H31FN2O7S. The van der Waals surface area contributed by atoms with Crippen molar-refractivity contribution in [3.8, 4) is 28.6 Å². The number of halogens is 1. The number of carbonyl (C=O) groups is 1. The molecule has 2 heterocycles. The number of sulfonamides is 1. The highest BCUT2D eigenvalue weighted by Gasteiger charge is 2.34. The number of rotatable bonds is 9. The van der Waals surface area contributed by atoms with Crippen LogP contribution in [0, 0.1) is 11.7 Å². The zero-order valence-corrected chi connectivity index (χ0v) is 24.1. The van der Waals surface area contributed by atoms with Crippen molar-refractivity contribution in [1.82, 2.24) is 5.32 Å². The van der Waals surface area contributed by atoms with Crippen LogP contribution < -0.4 is 19.1 Å². The Morgan fingerprint density at radius 3 is 2.33 bits per heavy atom. The zero-order chi connectivity index (χ0) is 29.4. The van der Waals surface area contributed by atoms with Gasteiger partial charge in [-0.1, -0.05) is 0 Å². The second-order valence-corrected chi connectivity index (χ2v) is 12.6. The van der Waals surface area contributed by atoms with Gasteiger partial charge in [0, 0.05) is 37.7 Å². The van der Waals surface area contributed by atoms with Crippen molar-refractivity contribution in [3.05, 3.63) is 72.0 Å². The molecule has 1 aromatic heterocycles. The molecule has 2 aliphatic rings. The first-order valence-corrected chi connectivity index (χ1v) is 15.6. The van der Waals surface area contributed by atoms with Crippen LogP contribution in [0.2, 0.25) is 0 Å². The van der Waals surface area contributed by atoms with Crippen LogP contribution in [-0.2, 0) is 14.8 Å². The Morgan fingerprint density at radius 1 is 1.05 bits per heavy atom. The summed E-state index contributed by atoms with van der Waals surface area (Å²) in [7, 11) is -2.14. The van der Waals surface area contributed by atoms with Crippen LogP contribution in [0.3, 0.4) is 0 Å². The quantitative estimate of drug-likeness (QED) is 0.238. The van der Waals surface area contributed by atoms with Crippen LogP contribution in [0.5, 0.6) is 17.2 Å². The van der Waals surface area contributed by atoms with Gasteiger partial charge in [0.05, 0.1) is 23.9 Å². The third kappa shape index (κ3) is 5.93. The van der Waals surface area contributed by atoms with Crippen molar-refractivity contribution in [1.29, 1.82) is 0 Å². The molecule has 0 radical (unpaired) electrons. The molecule has 0 bridgehead atoms. The average molecular weight is 595 g/mol. The molecule has 1 atom stereocenters. The van der Waals surface area contributed by atoms with Gasteiger partial charge >= 0.3 is 6.09 Å². The summed E-state index contributed by atoms with van der Waals surface area (Å²) in [6.07, 6.45) is 3.23. The van der Waals surface area contributed by atoms with Gasteiger partial charge in [0.2, 0.25) is 10.0 Å². The fourth-order valence-corrected chi connectivity index (χ4v) is 6.18. The largest absolute Gasteiger partial charge is 0.457 e. The van der Waals surface area contributed by atoms with Gasteiger partial charge in [0.25, 0.3) is 0 Å². The molecule has 1 aliphatic carbocycles. The van der Waals surface area contributed by atoms with E-state index < -0.39 is 16.1 Å². The summed E-state index contributed by atoms with van der Waals surface area (Å²) >= 11 is 0. The lowest BCUT2D eigenvalue weighted by Crippen LogP contribution is -2.35. The maximum Gasteiger partial charge on any atom is 0.412 e. The van der Waals surface area contributed by atoms with E-state index in [1.807, 2.05) is 6.07 Å². The standard InChI is InChI=1S/C31H31FN2O7S/c1-33-31(35)41-30-26-15-25(20-3-4-20)27(34(42(2,36)37)17-19-13-14-38-18-19)16-28(26)40-29(30)21-5-9-23(10-6-21)39-24-11-7-22(32)8-12-24/h5-12,15-16,19-20H,3-4,13-14,17-18H2,1-2H3,(H,33,35). The monoisotopic (exact) mass is 594 g/mol. The van der Waals surface area contributed by atoms with Gasteiger partial charge in [-0.15, -0.1) is 0 Å². The Morgan fingerprint density at radius 2 is 1.74 bits per heavy atom. The van der Waals surface area contributed by atoms with Gasteiger partial charge in [-0.05, 0) is 85.3 Å². The molecule has 1 N–H and O–H groups in total. The molecule has 220 valence electrons. The summed E-state index contributed by atoms with van der Waals surface area (Å²) in [6, 6.07) is 16.3. The van der Waals surface area contributed by atoms with Crippen LogP contribution in [0.25, 0.3) is 22.3 Å². The number of anilines is 1. The first-order valence-electron chi connectivity index (χ1n) is 13.8. The van der Waals surface area contributed by atoms with E-state index in [0.717, 1.165) is 24.8 Å². The number of nitrogens with one attached hydrogen (secondary N) is 1. The van der Waals surface area contributed by atoms with E-state index in [0.29, 0.717) is 59.2 Å². The highest BCUT2D eigenvalue weighted by Crippen LogP contribution is 2.50. The van der Waals surface area contributed by atoms with Crippen molar-refractivity contribution in [2.75, 3.05) is 37.4 Å². The van der Waals surface area contributed by atoms with Crippen LogP contribution >= 0.6 is 0 Å². The second kappa shape index (κ2) is 11.3. The molecule has 6 rings (SSSR count). The average Bonchev–Trinajstić information content (AvgIpc) is 3.57. The van der Waals surface area contributed by atoms with E-state index in [-0.39, 0.29) is 23.4 Å². The van der Waals surface area contributed by atoms with Crippen molar-refractivity contribution >= 4 is 32.8 Å². The topological polar surface area (TPSA) is 107 Å². The molecule has 9 nitrogen and oxygen atoms in total. The molecule has 1 saturated carbocycles. The molecular weight excluding hydrogens is 563 g/mol. The number of ether oxygens (including phenoxy) is 3. The zero-order valence-electron chi connectivity index (χ0n) is 23.3. The first kappa shape index (κ1) is 28.0. The van der Waals surface area contributed by atoms with Gasteiger partial charge in [-0.3, -0.25) is 4.31 Å². The Labute approximate surface area is 243 Å². The molecule has 1 amide bonds. The van der Waals surface area contributed by atoms with Crippen molar-refractivity contribution < 1.29 is 36.2 Å². The maximum atomic E-state index is 13.3. The van der Waals surface area contributed by atoms with Gasteiger partial charge in [-0.2, -0.15) is 0 Å². The van der Waals surface area contributed by atoms with E-state index in [2.05, 4.69) is 5.32 Å². The Balaban J connectivity index is 1.42. The normalized spacial score (nSPS) is 16.9. The Kier molecular flexibility index (Phi) is 7.54. The van der Waals surface area contributed by atoms with E-state index in [1.54, 1.807) is 30.3 Å². The third-order valence-corrected chi connectivity index (χ3v) is 8.64. The predicted molar refractivity (Wildman–Crippen MR) is 156 cm³/mol. The fraction of sp³-hybridized carbons (Fsp3) is 0.323. The number of nitrogens with zero attached hydrogens (tertiary/aromatic N) is 1. The summed E-state index contributed by atoms with van der Waals surface area (Å²) in [5.74, 6) is 1.49. The lowest BCUT2D eigenvalue weighted by atomic mass is 10.0. The van der Waals surface area contributed by atoms with Crippen LogP contribution in [-0.4, -0.2) is 47.6 Å². The number of hydrogen-bond donors (Lipinski definition) is 1. The van der Waals surface area contributed by atoms with Gasteiger partial charge in [-0.25, -0.2) is 17.6 Å². The van der Waals surface area contributed by atoms with Gasteiger partial charge < -0.3 is 23.9 Å². The minimum absolute atomic E-state index is 0.0948. The Bertz CT molecular complexity index is 1710. The molecule has 2 fully saturated rings. The summed E-state index contributed by atoms with van der Waals surface area (Å²) in [4.78, 5) is 12.4. The number of furan rings is 1. The minimum Gasteiger partial charge on any atom is -0.457 e. The smallest absolute Gasteiger partial charge is 0.412 e. The lowest BCUT2D eigenvalue weighted by molar-refractivity contribution is 0.187. The van der Waals surface area contributed by atoms with Crippen molar-refractivity contribution in [3.63, 3.8) is 0 Å². The summed E-state index contributed by atoms with van der Waals surface area (Å²) in [5.41, 5.74) is 2.47. The number of amides is 1. The number of hydrogen-bond acceptors (Lipinski definition) is 7. The van der Waals surface area contributed by atoms with E-state index >= 15 is 0 Å². The lowest BCUT2D eigenvalue weighted by Gasteiger charge is -2.27. The van der Waals surface area contributed by atoms with Crippen LogP contribution in [0.1, 0.15) is 30.7 Å². The Hall–Kier alpha value is -4.09. The van der Waals surface area contributed by atoms with E-state index in [4.69, 9.17) is 18.6 Å². The number of fused-ring (bicyclic) bond motifs is 1. The summed E-state index contributed by atoms with van der Waals surface area (Å²) in [5, 5.41) is 3.05. The predicted octanol–water partition coefficient (Wildman–Crippen LogP) is 6.43. The molecule has 1 aliphatic heterocycles. The maximum absolute atomic E-state index is 13.3. The molecule has 0 spiro atoms. The van der Waals surface area contributed by atoms with Crippen LogP contribution in [0.4, 0.5) is 14.9 Å². The minimum atomic E-state index is -3.61. The van der Waals surface area contributed by atoms with Gasteiger partial charge in [0.15, 0.2) is 11.5 Å². The summed E-state index contributed by atoms with van der Waals surface area (Å²) in [6.45, 7) is 1.45. The third-order valence-electron chi connectivity index (χ3n) is 7.49. The van der Waals surface area contributed by atoms with E-state index in [1.165, 1.54) is 41.9 Å². The highest BCUT2D eigenvalue weighted by molar-refractivity contribution is 7.92. The first-order chi connectivity index (χ1) is 20.2. The van der Waals surface area contributed by atoms with E-state index in [9.17, 15) is 17.6 Å². The molecule has 4 aromatic rings. The number of carbonyl (C=O) groups excluding carboxylic acids is 1. The molecule has 11 heteroatoms.